The summed E-state index contributed by atoms with van der Waals surface area (Å²) in [7, 11) is 0. The van der Waals surface area contributed by atoms with E-state index in [1.165, 1.54) is 11.3 Å². The highest BCUT2D eigenvalue weighted by molar-refractivity contribution is 7.12. The lowest BCUT2D eigenvalue weighted by atomic mass is 10.2. The number of hydrogen-bond donors (Lipinski definition) is 1. The quantitative estimate of drug-likeness (QED) is 0.856. The Bertz CT molecular complexity index is 341. The van der Waals surface area contributed by atoms with Crippen LogP contribution in [-0.4, -0.2) is 30.4 Å². The van der Waals surface area contributed by atoms with Crippen molar-refractivity contribution in [2.75, 3.05) is 13.2 Å². The van der Waals surface area contributed by atoms with Crippen LogP contribution < -0.4 is 4.74 Å². The lowest BCUT2D eigenvalue weighted by Gasteiger charge is -2.10. The van der Waals surface area contributed by atoms with Crippen LogP contribution in [0.5, 0.6) is 5.75 Å². The molecule has 1 atom stereocenters. The zero-order valence-electron chi connectivity index (χ0n) is 8.14. The molecule has 1 saturated heterocycles. The van der Waals surface area contributed by atoms with Gasteiger partial charge in [0.05, 0.1) is 6.10 Å². The molecule has 1 aliphatic heterocycles. The molecule has 15 heavy (non-hydrogen) atoms. The predicted octanol–water partition coefficient (Wildman–Crippen LogP) is 2.00. The minimum Gasteiger partial charge on any atom is -0.489 e. The average molecular weight is 228 g/mol. The molecule has 0 aliphatic carbocycles. The molecule has 1 unspecified atom stereocenters. The Morgan fingerprint density at radius 3 is 3.27 bits per heavy atom. The minimum atomic E-state index is -0.938. The minimum absolute atomic E-state index is 0.117. The first-order valence-electron chi connectivity index (χ1n) is 4.82. The van der Waals surface area contributed by atoms with Crippen LogP contribution in [0.2, 0.25) is 0 Å². The molecule has 0 bridgehead atoms. The Balaban J connectivity index is 1.92. The third-order valence-corrected chi connectivity index (χ3v) is 3.16. The Morgan fingerprint density at radius 1 is 1.73 bits per heavy atom. The third-order valence-electron chi connectivity index (χ3n) is 2.27. The van der Waals surface area contributed by atoms with Crippen molar-refractivity contribution in [3.05, 3.63) is 16.3 Å². The van der Waals surface area contributed by atoms with E-state index < -0.39 is 5.97 Å². The second-order valence-corrected chi connectivity index (χ2v) is 4.28. The normalized spacial score (nSPS) is 20.4. The zero-order chi connectivity index (χ0) is 10.7. The molecule has 4 nitrogen and oxygen atoms in total. The van der Waals surface area contributed by atoms with Crippen LogP contribution in [0.15, 0.2) is 11.4 Å². The van der Waals surface area contributed by atoms with E-state index in [9.17, 15) is 4.79 Å². The number of ether oxygens (including phenoxy) is 2. The number of carboxylic acid groups (broad SMARTS) is 1. The van der Waals surface area contributed by atoms with Crippen LogP contribution in [0.1, 0.15) is 22.5 Å². The maximum Gasteiger partial charge on any atom is 0.349 e. The summed E-state index contributed by atoms with van der Waals surface area (Å²) in [5.41, 5.74) is 0. The van der Waals surface area contributed by atoms with Gasteiger partial charge < -0.3 is 14.6 Å². The van der Waals surface area contributed by atoms with Gasteiger partial charge in [0.25, 0.3) is 0 Å². The summed E-state index contributed by atoms with van der Waals surface area (Å²) in [5.74, 6) is -0.490. The molecule has 1 aromatic heterocycles. The van der Waals surface area contributed by atoms with Gasteiger partial charge in [-0.3, -0.25) is 0 Å². The predicted molar refractivity (Wildman–Crippen MR) is 55.7 cm³/mol. The summed E-state index contributed by atoms with van der Waals surface area (Å²) in [4.78, 5) is 11.0. The summed E-state index contributed by atoms with van der Waals surface area (Å²) in [6.07, 6.45) is 2.17. The van der Waals surface area contributed by atoms with Crippen molar-refractivity contribution >= 4 is 17.3 Å². The van der Waals surface area contributed by atoms with E-state index in [0.717, 1.165) is 19.4 Å². The van der Waals surface area contributed by atoms with Crippen LogP contribution >= 0.6 is 11.3 Å². The lowest BCUT2D eigenvalue weighted by molar-refractivity contribution is 0.0636. The molecule has 2 rings (SSSR count). The van der Waals surface area contributed by atoms with Crippen molar-refractivity contribution < 1.29 is 19.4 Å². The van der Waals surface area contributed by atoms with Gasteiger partial charge in [0.1, 0.15) is 12.4 Å². The van der Waals surface area contributed by atoms with Crippen molar-refractivity contribution in [2.45, 2.75) is 18.9 Å². The van der Waals surface area contributed by atoms with E-state index in [1.54, 1.807) is 11.4 Å². The molecule has 82 valence electrons. The molecule has 1 fully saturated rings. The Hall–Kier alpha value is -1.07. The van der Waals surface area contributed by atoms with Crippen LogP contribution in [0.4, 0.5) is 0 Å². The van der Waals surface area contributed by atoms with Gasteiger partial charge >= 0.3 is 5.97 Å². The number of hydrogen-bond acceptors (Lipinski definition) is 4. The first kappa shape index (κ1) is 10.4. The van der Waals surface area contributed by atoms with E-state index in [-0.39, 0.29) is 11.0 Å². The SMILES string of the molecule is O=C(O)c1sccc1OCC1CCCO1. The second-order valence-electron chi connectivity index (χ2n) is 3.37. The molecule has 0 amide bonds. The molecule has 1 aliphatic rings. The molecule has 0 aromatic carbocycles. The van der Waals surface area contributed by atoms with Gasteiger partial charge in [-0.2, -0.15) is 0 Å². The molecular formula is C10H12O4S. The summed E-state index contributed by atoms with van der Waals surface area (Å²) < 4.78 is 10.8. The fraction of sp³-hybridized carbons (Fsp3) is 0.500. The van der Waals surface area contributed by atoms with Gasteiger partial charge in [0, 0.05) is 6.61 Å². The number of aromatic carboxylic acids is 1. The highest BCUT2D eigenvalue weighted by Crippen LogP contribution is 2.25. The van der Waals surface area contributed by atoms with Crippen LogP contribution in [-0.2, 0) is 4.74 Å². The van der Waals surface area contributed by atoms with Gasteiger partial charge in [-0.1, -0.05) is 0 Å². The zero-order valence-corrected chi connectivity index (χ0v) is 8.96. The summed E-state index contributed by atoms with van der Waals surface area (Å²) in [6, 6.07) is 1.68. The van der Waals surface area contributed by atoms with Crippen molar-refractivity contribution in [1.29, 1.82) is 0 Å². The van der Waals surface area contributed by atoms with Crippen molar-refractivity contribution in [2.24, 2.45) is 0 Å². The molecule has 5 heteroatoms. The highest BCUT2D eigenvalue weighted by Gasteiger charge is 2.18. The van der Waals surface area contributed by atoms with E-state index in [1.807, 2.05) is 0 Å². The second kappa shape index (κ2) is 4.63. The number of rotatable bonds is 4. The van der Waals surface area contributed by atoms with Crippen molar-refractivity contribution in [1.82, 2.24) is 0 Å². The fourth-order valence-electron chi connectivity index (χ4n) is 1.53. The lowest BCUT2D eigenvalue weighted by Crippen LogP contribution is -2.16. The van der Waals surface area contributed by atoms with Crippen molar-refractivity contribution in [3.63, 3.8) is 0 Å². The van der Waals surface area contributed by atoms with Crippen LogP contribution in [0.25, 0.3) is 0 Å². The summed E-state index contributed by atoms with van der Waals surface area (Å²) in [6.45, 7) is 1.22. The largest absolute Gasteiger partial charge is 0.489 e. The Labute approximate surface area is 91.4 Å². The van der Waals surface area contributed by atoms with Gasteiger partial charge in [0.2, 0.25) is 0 Å². The van der Waals surface area contributed by atoms with Gasteiger partial charge in [-0.05, 0) is 24.3 Å². The van der Waals surface area contributed by atoms with Crippen LogP contribution in [0.3, 0.4) is 0 Å². The molecule has 1 N–H and O–H groups in total. The Morgan fingerprint density at radius 2 is 2.60 bits per heavy atom. The fourth-order valence-corrected chi connectivity index (χ4v) is 2.20. The monoisotopic (exact) mass is 228 g/mol. The number of thiophene rings is 1. The van der Waals surface area contributed by atoms with Gasteiger partial charge in [-0.15, -0.1) is 11.3 Å². The summed E-state index contributed by atoms with van der Waals surface area (Å²) in [5, 5.41) is 10.6. The van der Waals surface area contributed by atoms with E-state index in [2.05, 4.69) is 0 Å². The number of carbonyl (C=O) groups is 1. The average Bonchev–Trinajstić information content (AvgIpc) is 2.86. The van der Waals surface area contributed by atoms with Gasteiger partial charge in [-0.25, -0.2) is 4.79 Å². The highest BCUT2D eigenvalue weighted by atomic mass is 32.1. The van der Waals surface area contributed by atoms with Gasteiger partial charge in [0.15, 0.2) is 4.88 Å². The molecule has 0 saturated carbocycles. The molecular weight excluding hydrogens is 216 g/mol. The topological polar surface area (TPSA) is 55.8 Å². The third kappa shape index (κ3) is 2.49. The molecule has 0 radical (unpaired) electrons. The van der Waals surface area contributed by atoms with E-state index in [4.69, 9.17) is 14.6 Å². The van der Waals surface area contributed by atoms with Crippen LogP contribution in [0, 0.1) is 0 Å². The van der Waals surface area contributed by atoms with Crippen molar-refractivity contribution in [3.8, 4) is 5.75 Å². The maximum absolute atomic E-state index is 10.8. The smallest absolute Gasteiger partial charge is 0.349 e. The Kier molecular flexibility index (Phi) is 3.23. The van der Waals surface area contributed by atoms with E-state index >= 15 is 0 Å². The number of carboxylic acids is 1. The maximum atomic E-state index is 10.8. The first-order chi connectivity index (χ1) is 7.27. The standard InChI is InChI=1S/C10H12O4S/c11-10(12)9-8(3-5-15-9)14-6-7-2-1-4-13-7/h3,5,7H,1-2,4,6H2,(H,11,12). The first-order valence-corrected chi connectivity index (χ1v) is 5.70. The molecule has 0 spiro atoms. The summed E-state index contributed by atoms with van der Waals surface area (Å²) >= 11 is 1.17. The molecule has 1 aromatic rings. The molecule has 2 heterocycles. The van der Waals surface area contributed by atoms with E-state index in [0.29, 0.717) is 12.4 Å².